The molecule has 1 atom stereocenters. The van der Waals surface area contributed by atoms with E-state index in [2.05, 4.69) is 11.9 Å². The lowest BCUT2D eigenvalue weighted by Gasteiger charge is -2.24. The molecule has 3 N–H and O–H groups in total. The molecule has 0 bridgehead atoms. The summed E-state index contributed by atoms with van der Waals surface area (Å²) < 4.78 is 6.48. The summed E-state index contributed by atoms with van der Waals surface area (Å²) in [5.41, 5.74) is 6.21. The van der Waals surface area contributed by atoms with Crippen molar-refractivity contribution in [3.63, 3.8) is 0 Å². The van der Waals surface area contributed by atoms with E-state index in [4.69, 9.17) is 10.5 Å². The summed E-state index contributed by atoms with van der Waals surface area (Å²) >= 11 is 1.48. The first kappa shape index (κ1) is 22.3. The molecule has 0 unspecified atom stereocenters. The minimum absolute atomic E-state index is 0.00274. The molecule has 1 amide bonds. The Morgan fingerprint density at radius 1 is 1.43 bits per heavy atom. The molecule has 0 fully saturated rings. The number of carbonyl (C=O) groups excluding carboxylic acids is 1. The van der Waals surface area contributed by atoms with Gasteiger partial charge in [0.1, 0.15) is 5.82 Å². The van der Waals surface area contributed by atoms with Gasteiger partial charge in [-0.3, -0.25) is 24.0 Å². The van der Waals surface area contributed by atoms with Crippen molar-refractivity contribution in [3.05, 3.63) is 42.2 Å². The maximum atomic E-state index is 13.5. The van der Waals surface area contributed by atoms with Crippen LogP contribution in [0, 0.1) is 11.8 Å². The van der Waals surface area contributed by atoms with Crippen LogP contribution in [-0.2, 0) is 24.1 Å². The number of anilines is 2. The van der Waals surface area contributed by atoms with E-state index in [0.29, 0.717) is 17.3 Å². The van der Waals surface area contributed by atoms with Gasteiger partial charge in [0.05, 0.1) is 11.5 Å². The Morgan fingerprint density at radius 2 is 2.17 bits per heavy atom. The summed E-state index contributed by atoms with van der Waals surface area (Å²) in [6.07, 6.45) is 3.04. The largest absolute Gasteiger partial charge is 0.383 e. The highest BCUT2D eigenvalue weighted by Crippen LogP contribution is 2.33. The molecule has 0 aliphatic heterocycles. The van der Waals surface area contributed by atoms with Crippen molar-refractivity contribution in [2.75, 3.05) is 30.9 Å². The molecule has 0 radical (unpaired) electrons. The van der Waals surface area contributed by atoms with E-state index >= 15 is 0 Å². The zero-order chi connectivity index (χ0) is 22.0. The molecule has 8 nitrogen and oxygen atoms in total. The first-order chi connectivity index (χ1) is 14.2. The maximum Gasteiger partial charge on any atom is 0.330 e. The summed E-state index contributed by atoms with van der Waals surface area (Å²) in [4.78, 5) is 43.9. The van der Waals surface area contributed by atoms with Crippen molar-refractivity contribution >= 4 is 28.7 Å². The van der Waals surface area contributed by atoms with Gasteiger partial charge in [-0.05, 0) is 42.7 Å². The Morgan fingerprint density at radius 3 is 2.83 bits per heavy atom. The standard InChI is InChI=1S/C21H30N4O4S/c1-12(2)11-25-18(22)17(19(26)23-21(25)28)24(7-8-29-4)20(27)16-10-14-9-13(3)5-6-15(14)30-16/h10,12-13H,5-9,11,22H2,1-4H3,(H,23,26,28)/t13-/m1/s1. The number of aryl methyl sites for hydroxylation is 1. The lowest BCUT2D eigenvalue weighted by atomic mass is 9.90. The zero-order valence-electron chi connectivity index (χ0n) is 18.0. The first-order valence-electron chi connectivity index (χ1n) is 10.3. The number of nitrogens with one attached hydrogen (secondary N) is 1. The number of nitrogen functional groups attached to an aromatic ring is 1. The topological polar surface area (TPSA) is 110 Å². The number of nitrogens with zero attached hydrogens (tertiary/aromatic N) is 2. The molecule has 1 aliphatic carbocycles. The molecule has 0 saturated carbocycles. The highest BCUT2D eigenvalue weighted by Gasteiger charge is 2.28. The summed E-state index contributed by atoms with van der Waals surface area (Å²) in [5.74, 6) is 0.429. The van der Waals surface area contributed by atoms with Gasteiger partial charge < -0.3 is 10.5 Å². The van der Waals surface area contributed by atoms with Crippen molar-refractivity contribution in [3.8, 4) is 0 Å². The second-order valence-electron chi connectivity index (χ2n) is 8.35. The van der Waals surface area contributed by atoms with E-state index in [1.807, 2.05) is 19.9 Å². The van der Waals surface area contributed by atoms with Gasteiger partial charge in [0.2, 0.25) is 0 Å². The molecular weight excluding hydrogens is 404 g/mol. The van der Waals surface area contributed by atoms with Crippen LogP contribution in [-0.4, -0.2) is 35.7 Å². The smallest absolute Gasteiger partial charge is 0.330 e. The predicted molar refractivity (Wildman–Crippen MR) is 120 cm³/mol. The number of hydrogen-bond acceptors (Lipinski definition) is 6. The Balaban J connectivity index is 2.06. The van der Waals surface area contributed by atoms with Crippen LogP contribution in [0.1, 0.15) is 47.3 Å². The number of ether oxygens (including phenoxy) is 1. The van der Waals surface area contributed by atoms with Gasteiger partial charge in [-0.1, -0.05) is 20.8 Å². The molecule has 2 heterocycles. The van der Waals surface area contributed by atoms with Crippen LogP contribution in [0.3, 0.4) is 0 Å². The van der Waals surface area contributed by atoms with E-state index in [1.54, 1.807) is 0 Å². The van der Waals surface area contributed by atoms with Gasteiger partial charge in [-0.25, -0.2) is 4.79 Å². The number of aromatic nitrogens is 2. The monoisotopic (exact) mass is 434 g/mol. The summed E-state index contributed by atoms with van der Waals surface area (Å²) in [5, 5.41) is 0. The van der Waals surface area contributed by atoms with E-state index < -0.39 is 11.2 Å². The third kappa shape index (κ3) is 4.52. The Hall–Kier alpha value is -2.39. The number of methoxy groups -OCH3 is 1. The van der Waals surface area contributed by atoms with Gasteiger partial charge in [-0.15, -0.1) is 11.3 Å². The van der Waals surface area contributed by atoms with E-state index in [0.717, 1.165) is 19.3 Å². The minimum atomic E-state index is -0.670. The van der Waals surface area contributed by atoms with E-state index in [-0.39, 0.29) is 36.5 Å². The maximum absolute atomic E-state index is 13.5. The Labute approximate surface area is 179 Å². The van der Waals surface area contributed by atoms with Gasteiger partial charge in [0.15, 0.2) is 5.69 Å². The normalized spacial score (nSPS) is 16.0. The van der Waals surface area contributed by atoms with Gasteiger partial charge in [-0.2, -0.15) is 0 Å². The number of hydrogen-bond donors (Lipinski definition) is 2. The lowest BCUT2D eigenvalue weighted by molar-refractivity contribution is 0.0979. The fraction of sp³-hybridized carbons (Fsp3) is 0.571. The third-order valence-corrected chi connectivity index (χ3v) is 6.56. The van der Waals surface area contributed by atoms with Crippen LogP contribution in [0.4, 0.5) is 11.5 Å². The number of thiophene rings is 1. The molecule has 30 heavy (non-hydrogen) atoms. The van der Waals surface area contributed by atoms with Crippen LogP contribution >= 0.6 is 11.3 Å². The van der Waals surface area contributed by atoms with Crippen LogP contribution < -0.4 is 21.9 Å². The fourth-order valence-corrected chi connectivity index (χ4v) is 4.98. The Bertz CT molecular complexity index is 1040. The quantitative estimate of drug-likeness (QED) is 0.694. The zero-order valence-corrected chi connectivity index (χ0v) is 18.8. The molecule has 3 rings (SSSR count). The van der Waals surface area contributed by atoms with E-state index in [9.17, 15) is 14.4 Å². The molecule has 0 spiro atoms. The van der Waals surface area contributed by atoms with Crippen LogP contribution in [0.15, 0.2) is 15.7 Å². The first-order valence-corrected chi connectivity index (χ1v) is 11.1. The number of fused-ring (bicyclic) bond motifs is 1. The molecule has 2 aromatic heterocycles. The highest BCUT2D eigenvalue weighted by atomic mass is 32.1. The van der Waals surface area contributed by atoms with Crippen LogP contribution in [0.25, 0.3) is 0 Å². The predicted octanol–water partition coefficient (Wildman–Crippen LogP) is 2.25. The number of carbonyl (C=O) groups is 1. The van der Waals surface area contributed by atoms with E-state index in [1.165, 1.54) is 38.4 Å². The number of aromatic amines is 1. The number of rotatable bonds is 7. The number of H-pyrrole nitrogens is 1. The van der Waals surface area contributed by atoms with Crippen molar-refractivity contribution < 1.29 is 9.53 Å². The van der Waals surface area contributed by atoms with Crippen molar-refractivity contribution in [1.29, 1.82) is 0 Å². The summed E-state index contributed by atoms with van der Waals surface area (Å²) in [6.45, 7) is 6.83. The molecular formula is C21H30N4O4S. The Kier molecular flexibility index (Phi) is 6.82. The van der Waals surface area contributed by atoms with Gasteiger partial charge in [0.25, 0.3) is 11.5 Å². The minimum Gasteiger partial charge on any atom is -0.383 e. The van der Waals surface area contributed by atoms with Crippen molar-refractivity contribution in [2.45, 2.75) is 46.6 Å². The average Bonchev–Trinajstić information content (AvgIpc) is 3.10. The SMILES string of the molecule is COCCN(C(=O)c1cc2c(s1)CC[C@@H](C)C2)c1c(N)n(CC(C)C)c(=O)[nH]c1=O. The van der Waals surface area contributed by atoms with Crippen molar-refractivity contribution in [2.24, 2.45) is 11.8 Å². The average molecular weight is 435 g/mol. The van der Waals surface area contributed by atoms with Crippen molar-refractivity contribution in [1.82, 2.24) is 9.55 Å². The van der Waals surface area contributed by atoms with Crippen LogP contribution in [0.2, 0.25) is 0 Å². The molecule has 164 valence electrons. The van der Waals surface area contributed by atoms with Gasteiger partial charge in [0, 0.05) is 25.1 Å². The molecule has 2 aromatic rings. The van der Waals surface area contributed by atoms with Gasteiger partial charge >= 0.3 is 5.69 Å². The molecule has 0 aromatic carbocycles. The third-order valence-electron chi connectivity index (χ3n) is 5.34. The van der Waals surface area contributed by atoms with Crippen LogP contribution in [0.5, 0.6) is 0 Å². The summed E-state index contributed by atoms with van der Waals surface area (Å²) in [6, 6.07) is 1.94. The second-order valence-corrected chi connectivity index (χ2v) is 9.49. The number of amides is 1. The lowest BCUT2D eigenvalue weighted by Crippen LogP contribution is -2.42. The second kappa shape index (κ2) is 9.18. The fourth-order valence-electron chi connectivity index (χ4n) is 3.83. The highest BCUT2D eigenvalue weighted by molar-refractivity contribution is 7.14. The number of nitrogens with two attached hydrogens (primary N) is 1. The molecule has 9 heteroatoms. The molecule has 1 aliphatic rings. The molecule has 0 saturated heterocycles. The summed E-state index contributed by atoms with van der Waals surface area (Å²) in [7, 11) is 1.53.